The molecule has 2 nitrogen and oxygen atoms in total. The van der Waals surface area contributed by atoms with Crippen LogP contribution in [0.5, 0.6) is 0 Å². The van der Waals surface area contributed by atoms with Crippen LogP contribution >= 0.6 is 11.6 Å². The Labute approximate surface area is 131 Å². The maximum Gasteiger partial charge on any atom is 0.0575 e. The lowest BCUT2D eigenvalue weighted by Gasteiger charge is -2.07. The minimum Gasteiger partial charge on any atom is -0.398 e. The van der Waals surface area contributed by atoms with E-state index in [1.54, 1.807) is 12.1 Å². The maximum absolute atomic E-state index is 12.5. The highest BCUT2D eigenvalue weighted by Crippen LogP contribution is 2.23. The van der Waals surface area contributed by atoms with Gasteiger partial charge in [-0.3, -0.25) is 4.21 Å². The van der Waals surface area contributed by atoms with E-state index in [1.165, 1.54) is 0 Å². The van der Waals surface area contributed by atoms with Crippen molar-refractivity contribution in [1.29, 1.82) is 0 Å². The van der Waals surface area contributed by atoms with Gasteiger partial charge in [-0.2, -0.15) is 0 Å². The largest absolute Gasteiger partial charge is 0.398 e. The molecule has 3 aromatic carbocycles. The predicted molar refractivity (Wildman–Crippen MR) is 89.9 cm³/mol. The van der Waals surface area contributed by atoms with Gasteiger partial charge in [0, 0.05) is 15.6 Å². The van der Waals surface area contributed by atoms with Gasteiger partial charge in [-0.25, -0.2) is 0 Å². The summed E-state index contributed by atoms with van der Waals surface area (Å²) in [6.07, 6.45) is 0. The summed E-state index contributed by atoms with van der Waals surface area (Å²) in [6, 6.07) is 19.2. The molecule has 0 bridgehead atoms. The minimum atomic E-state index is -1.13. The van der Waals surface area contributed by atoms with Crippen LogP contribution in [-0.4, -0.2) is 4.21 Å². The van der Waals surface area contributed by atoms with Crippen LogP contribution in [0, 0.1) is 0 Å². The summed E-state index contributed by atoms with van der Waals surface area (Å²) in [5, 5.41) is 2.82. The Morgan fingerprint density at radius 3 is 2.48 bits per heavy atom. The van der Waals surface area contributed by atoms with E-state index in [0.29, 0.717) is 16.5 Å². The summed E-state index contributed by atoms with van der Waals surface area (Å²) in [7, 11) is -1.13. The fourth-order valence-electron chi connectivity index (χ4n) is 2.23. The molecule has 21 heavy (non-hydrogen) atoms. The molecule has 106 valence electrons. The van der Waals surface area contributed by atoms with Crippen molar-refractivity contribution in [3.05, 3.63) is 71.2 Å². The summed E-state index contributed by atoms with van der Waals surface area (Å²) in [5.41, 5.74) is 7.35. The van der Waals surface area contributed by atoms with Crippen molar-refractivity contribution in [2.45, 2.75) is 10.6 Å². The lowest BCUT2D eigenvalue weighted by atomic mass is 10.1. The Kier molecular flexibility index (Phi) is 3.95. The van der Waals surface area contributed by atoms with E-state index >= 15 is 0 Å². The molecule has 4 heteroatoms. The summed E-state index contributed by atoms with van der Waals surface area (Å²) in [4.78, 5) is 0.808. The molecule has 0 saturated carbocycles. The Hall–Kier alpha value is -1.84. The smallest absolute Gasteiger partial charge is 0.0575 e. The number of anilines is 1. The Morgan fingerprint density at radius 2 is 1.71 bits per heavy atom. The molecule has 3 aromatic rings. The number of hydrogen-bond acceptors (Lipinski definition) is 2. The number of rotatable bonds is 3. The third-order valence-electron chi connectivity index (χ3n) is 3.38. The second-order valence-electron chi connectivity index (χ2n) is 4.84. The fourth-order valence-corrected chi connectivity index (χ4v) is 3.60. The number of hydrogen-bond donors (Lipinski definition) is 1. The van der Waals surface area contributed by atoms with Crippen molar-refractivity contribution in [3.63, 3.8) is 0 Å². The van der Waals surface area contributed by atoms with E-state index in [2.05, 4.69) is 0 Å². The average Bonchev–Trinajstić information content (AvgIpc) is 2.49. The van der Waals surface area contributed by atoms with Gasteiger partial charge >= 0.3 is 0 Å². The second-order valence-corrected chi connectivity index (χ2v) is 6.73. The standard InChI is InChI=1S/C17H14ClNOS/c18-15-7-5-14(17(19)10-15)11-21(20)16-8-6-12-3-1-2-4-13(12)9-16/h1-10H,11,19H2. The monoisotopic (exact) mass is 315 g/mol. The molecule has 2 N–H and O–H groups in total. The first-order valence-corrected chi connectivity index (χ1v) is 8.24. The van der Waals surface area contributed by atoms with Crippen LogP contribution in [0.1, 0.15) is 5.56 Å². The Morgan fingerprint density at radius 1 is 0.952 bits per heavy atom. The average molecular weight is 316 g/mol. The lowest BCUT2D eigenvalue weighted by Crippen LogP contribution is -2.00. The number of benzene rings is 3. The van der Waals surface area contributed by atoms with Crippen molar-refractivity contribution < 1.29 is 4.21 Å². The van der Waals surface area contributed by atoms with Crippen molar-refractivity contribution in [2.75, 3.05) is 5.73 Å². The van der Waals surface area contributed by atoms with E-state index in [4.69, 9.17) is 17.3 Å². The molecule has 0 aliphatic carbocycles. The molecule has 0 aliphatic rings. The quantitative estimate of drug-likeness (QED) is 0.729. The lowest BCUT2D eigenvalue weighted by molar-refractivity contribution is 0.683. The zero-order valence-corrected chi connectivity index (χ0v) is 12.8. The topological polar surface area (TPSA) is 43.1 Å². The third kappa shape index (κ3) is 3.09. The van der Waals surface area contributed by atoms with Crippen LogP contribution < -0.4 is 5.73 Å². The highest BCUT2D eigenvalue weighted by atomic mass is 35.5. The molecule has 0 aliphatic heterocycles. The van der Waals surface area contributed by atoms with Gasteiger partial charge in [0.15, 0.2) is 0 Å². The first kappa shape index (κ1) is 14.1. The van der Waals surface area contributed by atoms with Gasteiger partial charge in [-0.05, 0) is 40.6 Å². The molecular formula is C17H14ClNOS. The van der Waals surface area contributed by atoms with E-state index in [1.807, 2.05) is 48.5 Å². The highest BCUT2D eigenvalue weighted by Gasteiger charge is 2.09. The molecule has 0 fully saturated rings. The van der Waals surface area contributed by atoms with Gasteiger partial charge in [-0.15, -0.1) is 0 Å². The first-order valence-electron chi connectivity index (χ1n) is 6.54. The van der Waals surface area contributed by atoms with Crippen LogP contribution in [-0.2, 0) is 16.6 Å². The second kappa shape index (κ2) is 5.88. The number of halogens is 1. The summed E-state index contributed by atoms with van der Waals surface area (Å²) < 4.78 is 12.5. The van der Waals surface area contributed by atoms with Crippen molar-refractivity contribution >= 4 is 38.9 Å². The van der Waals surface area contributed by atoms with Crippen molar-refractivity contribution in [3.8, 4) is 0 Å². The third-order valence-corrected chi connectivity index (χ3v) is 4.97. The van der Waals surface area contributed by atoms with Gasteiger partial charge in [0.25, 0.3) is 0 Å². The predicted octanol–water partition coefficient (Wildman–Crippen LogP) is 4.38. The zero-order valence-electron chi connectivity index (χ0n) is 11.3. The van der Waals surface area contributed by atoms with Crippen LogP contribution in [0.25, 0.3) is 10.8 Å². The molecule has 1 unspecified atom stereocenters. The van der Waals surface area contributed by atoms with Gasteiger partial charge < -0.3 is 5.73 Å². The fraction of sp³-hybridized carbons (Fsp3) is 0.0588. The van der Waals surface area contributed by atoms with E-state index < -0.39 is 10.8 Å². The number of nitrogen functional groups attached to an aromatic ring is 1. The molecule has 0 radical (unpaired) electrons. The summed E-state index contributed by atoms with van der Waals surface area (Å²) >= 11 is 5.88. The van der Waals surface area contributed by atoms with Crippen LogP contribution in [0.15, 0.2) is 65.6 Å². The summed E-state index contributed by atoms with van der Waals surface area (Å²) in [5.74, 6) is 0.390. The molecule has 0 heterocycles. The normalized spacial score (nSPS) is 12.4. The maximum atomic E-state index is 12.5. The van der Waals surface area contributed by atoms with Gasteiger partial charge in [0.1, 0.15) is 0 Å². The van der Waals surface area contributed by atoms with E-state index in [-0.39, 0.29) is 0 Å². The molecule has 1 atom stereocenters. The van der Waals surface area contributed by atoms with Crippen molar-refractivity contribution in [1.82, 2.24) is 0 Å². The Balaban J connectivity index is 1.89. The molecule has 0 amide bonds. The van der Waals surface area contributed by atoms with Crippen LogP contribution in [0.3, 0.4) is 0 Å². The zero-order chi connectivity index (χ0) is 14.8. The van der Waals surface area contributed by atoms with Crippen LogP contribution in [0.2, 0.25) is 5.02 Å². The molecule has 0 aromatic heterocycles. The van der Waals surface area contributed by atoms with Crippen molar-refractivity contribution in [2.24, 2.45) is 0 Å². The number of fused-ring (bicyclic) bond motifs is 1. The summed E-state index contributed by atoms with van der Waals surface area (Å²) in [6.45, 7) is 0. The van der Waals surface area contributed by atoms with Gasteiger partial charge in [-0.1, -0.05) is 48.0 Å². The van der Waals surface area contributed by atoms with E-state index in [0.717, 1.165) is 21.2 Å². The minimum absolute atomic E-state index is 0.390. The van der Waals surface area contributed by atoms with Gasteiger partial charge in [0.2, 0.25) is 0 Å². The first-order chi connectivity index (χ1) is 10.1. The highest BCUT2D eigenvalue weighted by molar-refractivity contribution is 7.84. The molecule has 0 spiro atoms. The molecular weight excluding hydrogens is 302 g/mol. The molecule has 3 rings (SSSR count). The van der Waals surface area contributed by atoms with E-state index in [9.17, 15) is 4.21 Å². The SMILES string of the molecule is Nc1cc(Cl)ccc1CS(=O)c1ccc2ccccc2c1. The van der Waals surface area contributed by atoms with Crippen LogP contribution in [0.4, 0.5) is 5.69 Å². The Bertz CT molecular complexity index is 832. The van der Waals surface area contributed by atoms with Gasteiger partial charge in [0.05, 0.1) is 16.6 Å². The number of nitrogens with two attached hydrogens (primary N) is 1. The molecule has 0 saturated heterocycles.